The molecule has 128 valence electrons. The molecule has 0 aliphatic rings. The van der Waals surface area contributed by atoms with Crippen LogP contribution >= 0.6 is 11.6 Å². The minimum Gasteiger partial charge on any atom is -0.497 e. The highest BCUT2D eigenvalue weighted by molar-refractivity contribution is 6.38. The Kier molecular flexibility index (Phi) is 4.76. The first-order chi connectivity index (χ1) is 12.0. The van der Waals surface area contributed by atoms with Gasteiger partial charge in [-0.05, 0) is 35.9 Å². The molecule has 0 radical (unpaired) electrons. The summed E-state index contributed by atoms with van der Waals surface area (Å²) in [5.74, 6) is 0.236. The van der Waals surface area contributed by atoms with Crippen LogP contribution in [0.2, 0.25) is 5.02 Å². The first-order valence-corrected chi connectivity index (χ1v) is 7.96. The van der Waals surface area contributed by atoms with E-state index in [0.29, 0.717) is 17.4 Å². The summed E-state index contributed by atoms with van der Waals surface area (Å²) in [6, 6.07) is 13.8. The number of fused-ring (bicyclic) bond motifs is 1. The Balaban J connectivity index is 2.11. The number of benzene rings is 2. The van der Waals surface area contributed by atoms with Crippen LogP contribution in [0.15, 0.2) is 53.3 Å². The normalized spacial score (nSPS) is 10.7. The van der Waals surface area contributed by atoms with E-state index >= 15 is 0 Å². The van der Waals surface area contributed by atoms with Crippen molar-refractivity contribution in [1.82, 2.24) is 4.57 Å². The summed E-state index contributed by atoms with van der Waals surface area (Å²) in [5.41, 5.74) is 1.72. The summed E-state index contributed by atoms with van der Waals surface area (Å²) in [6.45, 7) is 0.383. The molecule has 3 aromatic rings. The van der Waals surface area contributed by atoms with E-state index in [1.54, 1.807) is 29.9 Å². The maximum atomic E-state index is 12.4. The molecule has 0 saturated carbocycles. The summed E-state index contributed by atoms with van der Waals surface area (Å²) in [4.78, 5) is 24.1. The van der Waals surface area contributed by atoms with Crippen molar-refractivity contribution in [2.24, 2.45) is 0 Å². The Bertz CT molecular complexity index is 993. The van der Waals surface area contributed by atoms with Crippen molar-refractivity contribution in [2.45, 2.75) is 6.54 Å². The summed E-state index contributed by atoms with van der Waals surface area (Å²) < 4.78 is 11.5. The van der Waals surface area contributed by atoms with E-state index in [1.165, 1.54) is 13.2 Å². The number of hydrogen-bond acceptors (Lipinski definition) is 4. The fourth-order valence-electron chi connectivity index (χ4n) is 2.68. The van der Waals surface area contributed by atoms with Crippen LogP contribution in [0.1, 0.15) is 15.9 Å². The predicted octanol–water partition coefficient (Wildman–Crippen LogP) is 3.50. The molecule has 0 spiro atoms. The molecule has 6 heteroatoms. The molecule has 0 unspecified atom stereocenters. The minimum absolute atomic E-state index is 0.148. The van der Waals surface area contributed by atoms with Crippen LogP contribution in [0.5, 0.6) is 5.75 Å². The van der Waals surface area contributed by atoms with Crippen molar-refractivity contribution < 1.29 is 14.3 Å². The molecular formula is C19H16ClNO4. The molecule has 0 amide bonds. The maximum absolute atomic E-state index is 12.4. The molecule has 0 fully saturated rings. The molecule has 2 aromatic carbocycles. The summed E-state index contributed by atoms with van der Waals surface area (Å²) in [5, 5.41) is 0.894. The average Bonchev–Trinajstić information content (AvgIpc) is 2.64. The largest absolute Gasteiger partial charge is 0.497 e. The second-order valence-electron chi connectivity index (χ2n) is 5.46. The Labute approximate surface area is 149 Å². The second-order valence-corrected chi connectivity index (χ2v) is 5.84. The molecule has 0 N–H and O–H groups in total. The predicted molar refractivity (Wildman–Crippen MR) is 96.7 cm³/mol. The molecule has 0 aliphatic heterocycles. The summed E-state index contributed by atoms with van der Waals surface area (Å²) >= 11 is 6.35. The zero-order chi connectivity index (χ0) is 18.0. The van der Waals surface area contributed by atoms with E-state index in [1.807, 2.05) is 24.3 Å². The van der Waals surface area contributed by atoms with Crippen LogP contribution in [0.3, 0.4) is 0 Å². The second kappa shape index (κ2) is 6.99. The first kappa shape index (κ1) is 17.0. The molecule has 3 rings (SSSR count). The molecule has 0 saturated heterocycles. The van der Waals surface area contributed by atoms with Crippen LogP contribution in [-0.2, 0) is 11.3 Å². The van der Waals surface area contributed by atoms with Crippen molar-refractivity contribution in [3.8, 4) is 5.75 Å². The van der Waals surface area contributed by atoms with Gasteiger partial charge in [-0.3, -0.25) is 4.79 Å². The molecule has 1 heterocycles. The molecule has 0 atom stereocenters. The Hall–Kier alpha value is -2.79. The minimum atomic E-state index is -0.514. The number of aromatic nitrogens is 1. The number of carbonyl (C=O) groups excluding carboxylic acids is 1. The van der Waals surface area contributed by atoms with Crippen LogP contribution < -0.4 is 10.3 Å². The molecule has 1 aromatic heterocycles. The summed E-state index contributed by atoms with van der Waals surface area (Å²) in [6.07, 6.45) is 0. The van der Waals surface area contributed by atoms with Gasteiger partial charge in [0.15, 0.2) is 0 Å². The highest BCUT2D eigenvalue weighted by Gasteiger charge is 2.15. The van der Waals surface area contributed by atoms with Gasteiger partial charge in [-0.2, -0.15) is 0 Å². The van der Waals surface area contributed by atoms with Crippen molar-refractivity contribution in [1.29, 1.82) is 0 Å². The van der Waals surface area contributed by atoms with Crippen molar-refractivity contribution in [3.63, 3.8) is 0 Å². The smallest absolute Gasteiger partial charge is 0.339 e. The lowest BCUT2D eigenvalue weighted by Crippen LogP contribution is -2.20. The monoisotopic (exact) mass is 357 g/mol. The number of esters is 1. The van der Waals surface area contributed by atoms with Crippen LogP contribution in [0.4, 0.5) is 0 Å². The van der Waals surface area contributed by atoms with Crippen LogP contribution in [-0.4, -0.2) is 24.8 Å². The van der Waals surface area contributed by atoms with Crippen molar-refractivity contribution >= 4 is 28.5 Å². The SMILES string of the molecule is COC(=O)c1ccc2c(ccc(=O)n2Cc2ccc(OC)cc2)c1Cl. The molecule has 0 aliphatic carbocycles. The number of nitrogens with zero attached hydrogens (tertiary/aromatic N) is 1. The third-order valence-corrected chi connectivity index (χ3v) is 4.42. The van der Waals surface area contributed by atoms with Gasteiger partial charge in [0, 0.05) is 11.5 Å². The molecule has 25 heavy (non-hydrogen) atoms. The summed E-state index contributed by atoms with van der Waals surface area (Å²) in [7, 11) is 2.90. The first-order valence-electron chi connectivity index (χ1n) is 7.58. The lowest BCUT2D eigenvalue weighted by molar-refractivity contribution is 0.0601. The zero-order valence-electron chi connectivity index (χ0n) is 13.8. The number of methoxy groups -OCH3 is 2. The van der Waals surface area contributed by atoms with Gasteiger partial charge in [-0.25, -0.2) is 4.79 Å². The van der Waals surface area contributed by atoms with Gasteiger partial charge in [0.2, 0.25) is 0 Å². The topological polar surface area (TPSA) is 57.5 Å². The highest BCUT2D eigenvalue weighted by atomic mass is 35.5. The number of rotatable bonds is 4. The number of pyridine rings is 1. The van der Waals surface area contributed by atoms with Gasteiger partial charge in [0.05, 0.1) is 36.9 Å². The highest BCUT2D eigenvalue weighted by Crippen LogP contribution is 2.27. The Morgan fingerprint density at radius 3 is 2.40 bits per heavy atom. The Morgan fingerprint density at radius 1 is 1.04 bits per heavy atom. The van der Waals surface area contributed by atoms with Crippen LogP contribution in [0.25, 0.3) is 10.9 Å². The number of hydrogen-bond donors (Lipinski definition) is 0. The van der Waals surface area contributed by atoms with Crippen molar-refractivity contribution in [2.75, 3.05) is 14.2 Å². The van der Waals surface area contributed by atoms with Gasteiger partial charge in [-0.15, -0.1) is 0 Å². The van der Waals surface area contributed by atoms with Crippen molar-refractivity contribution in [3.05, 3.63) is 75.0 Å². The number of ether oxygens (including phenoxy) is 2. The van der Waals surface area contributed by atoms with E-state index in [0.717, 1.165) is 11.3 Å². The lowest BCUT2D eigenvalue weighted by atomic mass is 10.1. The number of carbonyl (C=O) groups is 1. The van der Waals surface area contributed by atoms with Gasteiger partial charge < -0.3 is 14.0 Å². The van der Waals surface area contributed by atoms with E-state index < -0.39 is 5.97 Å². The van der Waals surface area contributed by atoms with Gasteiger partial charge >= 0.3 is 5.97 Å². The molecular weight excluding hydrogens is 342 g/mol. The van der Waals surface area contributed by atoms with E-state index in [9.17, 15) is 9.59 Å². The molecule has 5 nitrogen and oxygen atoms in total. The third kappa shape index (κ3) is 3.23. The maximum Gasteiger partial charge on any atom is 0.339 e. The van der Waals surface area contributed by atoms with E-state index in [-0.39, 0.29) is 16.1 Å². The average molecular weight is 358 g/mol. The van der Waals surface area contributed by atoms with Gasteiger partial charge in [0.25, 0.3) is 5.56 Å². The molecule has 0 bridgehead atoms. The standard InChI is InChI=1S/C19H16ClNO4/c1-24-13-5-3-12(4-6-13)11-21-16-9-7-15(19(23)25-2)18(20)14(16)8-10-17(21)22/h3-10H,11H2,1-2H3. The number of halogens is 1. The fraction of sp³-hybridized carbons (Fsp3) is 0.158. The van der Waals surface area contributed by atoms with E-state index in [4.69, 9.17) is 21.1 Å². The third-order valence-electron chi connectivity index (χ3n) is 4.01. The van der Waals surface area contributed by atoms with Gasteiger partial charge in [0.1, 0.15) is 5.75 Å². The quantitative estimate of drug-likeness (QED) is 0.670. The van der Waals surface area contributed by atoms with Gasteiger partial charge in [-0.1, -0.05) is 23.7 Å². The fourth-order valence-corrected chi connectivity index (χ4v) is 2.98. The van der Waals surface area contributed by atoms with E-state index in [2.05, 4.69) is 0 Å². The lowest BCUT2D eigenvalue weighted by Gasteiger charge is -2.13. The van der Waals surface area contributed by atoms with Crippen LogP contribution in [0, 0.1) is 0 Å². The Morgan fingerprint density at radius 2 is 1.76 bits per heavy atom. The zero-order valence-corrected chi connectivity index (χ0v) is 14.5.